The molecular weight excluding hydrogens is 311 g/mol. The van der Waals surface area contributed by atoms with Crippen LogP contribution in [0.3, 0.4) is 0 Å². The largest absolute Gasteiger partial charge is 0.485 e. The molecule has 0 bridgehead atoms. The molecule has 24 heavy (non-hydrogen) atoms. The number of benzene rings is 1. The van der Waals surface area contributed by atoms with E-state index in [0.717, 1.165) is 5.56 Å². The molecule has 3 rings (SSSR count). The zero-order valence-electron chi connectivity index (χ0n) is 13.6. The average Bonchev–Trinajstić information content (AvgIpc) is 2.81. The van der Waals surface area contributed by atoms with Gasteiger partial charge >= 0.3 is 6.09 Å². The number of carbonyl (C=O) groups excluding carboxylic acids is 1. The van der Waals surface area contributed by atoms with Crippen molar-refractivity contribution in [1.82, 2.24) is 10.3 Å². The lowest BCUT2D eigenvalue weighted by Crippen LogP contribution is -2.39. The Morgan fingerprint density at radius 1 is 1.29 bits per heavy atom. The number of ether oxygens (including phenoxy) is 2. The second kappa shape index (κ2) is 6.47. The highest BCUT2D eigenvalue weighted by atomic mass is 19.1. The Balaban J connectivity index is 1.59. The fourth-order valence-corrected chi connectivity index (χ4v) is 2.76. The maximum atomic E-state index is 13.4. The van der Waals surface area contributed by atoms with Crippen LogP contribution in [0.25, 0.3) is 0 Å². The maximum Gasteiger partial charge on any atom is 0.407 e. The number of rotatable bonds is 4. The lowest BCUT2D eigenvalue weighted by molar-refractivity contribution is 0.104. The van der Waals surface area contributed by atoms with Gasteiger partial charge in [0.2, 0.25) is 5.95 Å². The van der Waals surface area contributed by atoms with Gasteiger partial charge < -0.3 is 14.8 Å². The molecule has 2 heterocycles. The quantitative estimate of drug-likeness (QED) is 0.873. The van der Waals surface area contributed by atoms with Gasteiger partial charge in [0.15, 0.2) is 0 Å². The number of alkyl carbamates (subject to hydrolysis) is 1. The molecule has 0 spiro atoms. The summed E-state index contributed by atoms with van der Waals surface area (Å²) in [7, 11) is 0. The first-order chi connectivity index (χ1) is 11.5. The van der Waals surface area contributed by atoms with E-state index in [1.807, 2.05) is 44.2 Å². The van der Waals surface area contributed by atoms with Crippen molar-refractivity contribution in [3.05, 3.63) is 59.7 Å². The number of aromatic nitrogens is 1. The molecule has 1 aromatic heterocycles. The molecule has 1 atom stereocenters. The Bertz CT molecular complexity index is 734. The van der Waals surface area contributed by atoms with E-state index in [1.165, 1.54) is 6.07 Å². The topological polar surface area (TPSA) is 60.5 Å². The molecule has 1 N–H and O–H groups in total. The number of hydrogen-bond acceptors (Lipinski definition) is 4. The summed E-state index contributed by atoms with van der Waals surface area (Å²) in [5, 5.41) is 2.71. The van der Waals surface area contributed by atoms with E-state index in [4.69, 9.17) is 9.47 Å². The van der Waals surface area contributed by atoms with Crippen molar-refractivity contribution >= 4 is 6.09 Å². The second-order valence-electron chi connectivity index (χ2n) is 6.22. The third kappa shape index (κ3) is 3.48. The van der Waals surface area contributed by atoms with Gasteiger partial charge in [-0.1, -0.05) is 30.3 Å². The molecule has 1 aliphatic rings. The van der Waals surface area contributed by atoms with E-state index in [1.54, 1.807) is 6.07 Å². The van der Waals surface area contributed by atoms with Crippen molar-refractivity contribution < 1.29 is 18.7 Å². The van der Waals surface area contributed by atoms with Crippen molar-refractivity contribution in [2.24, 2.45) is 0 Å². The predicted octanol–water partition coefficient (Wildman–Crippen LogP) is 3.40. The lowest BCUT2D eigenvalue weighted by atomic mass is 9.90. The van der Waals surface area contributed by atoms with Crippen molar-refractivity contribution in [3.8, 4) is 5.75 Å². The van der Waals surface area contributed by atoms with Crippen LogP contribution < -0.4 is 10.1 Å². The fourth-order valence-electron chi connectivity index (χ4n) is 2.76. The molecule has 1 amide bonds. The smallest absolute Gasteiger partial charge is 0.407 e. The molecule has 5 nitrogen and oxygen atoms in total. The summed E-state index contributed by atoms with van der Waals surface area (Å²) >= 11 is 0. The minimum absolute atomic E-state index is 0.195. The number of fused-ring (bicyclic) bond motifs is 1. The van der Waals surface area contributed by atoms with Gasteiger partial charge in [-0.3, -0.25) is 0 Å². The van der Waals surface area contributed by atoms with E-state index < -0.39 is 17.6 Å². The van der Waals surface area contributed by atoms with E-state index in [9.17, 15) is 9.18 Å². The molecule has 1 unspecified atom stereocenters. The number of carbonyl (C=O) groups is 1. The van der Waals surface area contributed by atoms with E-state index >= 15 is 0 Å². The lowest BCUT2D eigenvalue weighted by Gasteiger charge is -2.25. The van der Waals surface area contributed by atoms with Crippen LogP contribution in [0.1, 0.15) is 31.0 Å². The number of amides is 1. The summed E-state index contributed by atoms with van der Waals surface area (Å²) in [5.74, 6) is -0.273. The molecule has 126 valence electrons. The van der Waals surface area contributed by atoms with Gasteiger partial charge in [-0.25, -0.2) is 9.78 Å². The van der Waals surface area contributed by atoms with E-state index in [2.05, 4.69) is 10.3 Å². The molecule has 0 fully saturated rings. The second-order valence-corrected chi connectivity index (χ2v) is 6.22. The molecule has 2 aromatic rings. The summed E-state index contributed by atoms with van der Waals surface area (Å²) in [6.07, 6.45) is -0.528. The van der Waals surface area contributed by atoms with Crippen LogP contribution in [0.4, 0.5) is 9.18 Å². The Kier molecular flexibility index (Phi) is 4.38. The first kappa shape index (κ1) is 16.2. The first-order valence-electron chi connectivity index (χ1n) is 7.76. The highest BCUT2D eigenvalue weighted by Crippen LogP contribution is 2.42. The highest BCUT2D eigenvalue weighted by molar-refractivity contribution is 5.67. The molecule has 0 radical (unpaired) electrons. The Morgan fingerprint density at radius 3 is 2.79 bits per heavy atom. The molecule has 6 heteroatoms. The SMILES string of the molecule is CC1(C)Oc2ccc(F)nc2C1CNC(=O)OCc1ccccc1. The molecule has 1 aliphatic heterocycles. The van der Waals surface area contributed by atoms with Gasteiger partial charge in [0.05, 0.1) is 11.6 Å². The zero-order valence-corrected chi connectivity index (χ0v) is 13.6. The summed E-state index contributed by atoms with van der Waals surface area (Å²) < 4.78 is 24.4. The number of pyridine rings is 1. The number of halogens is 1. The van der Waals surface area contributed by atoms with Crippen LogP contribution in [0, 0.1) is 5.95 Å². The van der Waals surface area contributed by atoms with E-state index in [0.29, 0.717) is 11.4 Å². The summed E-state index contributed by atoms with van der Waals surface area (Å²) in [6.45, 7) is 4.22. The fraction of sp³-hybridized carbons (Fsp3) is 0.333. The van der Waals surface area contributed by atoms with Crippen molar-refractivity contribution in [3.63, 3.8) is 0 Å². The molecule has 0 saturated heterocycles. The molecular formula is C18H19FN2O3. The normalized spacial score (nSPS) is 17.7. The van der Waals surface area contributed by atoms with Crippen LogP contribution in [0.2, 0.25) is 0 Å². The van der Waals surface area contributed by atoms with Gasteiger partial charge in [-0.05, 0) is 31.5 Å². The average molecular weight is 330 g/mol. The Labute approximate surface area is 139 Å². The van der Waals surface area contributed by atoms with E-state index in [-0.39, 0.29) is 19.1 Å². The minimum Gasteiger partial charge on any atom is -0.485 e. The molecule has 0 aliphatic carbocycles. The van der Waals surface area contributed by atoms with Crippen molar-refractivity contribution in [1.29, 1.82) is 0 Å². The highest BCUT2D eigenvalue weighted by Gasteiger charge is 2.42. The molecule has 0 saturated carbocycles. The van der Waals surface area contributed by atoms with Crippen LogP contribution >= 0.6 is 0 Å². The van der Waals surface area contributed by atoms with Gasteiger partial charge in [0.1, 0.15) is 18.0 Å². The van der Waals surface area contributed by atoms with Crippen LogP contribution in [-0.4, -0.2) is 23.2 Å². The predicted molar refractivity (Wildman–Crippen MR) is 86.3 cm³/mol. The summed E-state index contributed by atoms with van der Waals surface area (Å²) in [6, 6.07) is 12.2. The zero-order chi connectivity index (χ0) is 17.2. The number of nitrogens with one attached hydrogen (secondary N) is 1. The number of nitrogens with zero attached hydrogens (tertiary/aromatic N) is 1. The van der Waals surface area contributed by atoms with Crippen LogP contribution in [0.15, 0.2) is 42.5 Å². The van der Waals surface area contributed by atoms with Gasteiger partial charge in [0.25, 0.3) is 0 Å². The van der Waals surface area contributed by atoms with Crippen molar-refractivity contribution in [2.45, 2.75) is 32.0 Å². The maximum absolute atomic E-state index is 13.4. The van der Waals surface area contributed by atoms with Gasteiger partial charge in [-0.2, -0.15) is 4.39 Å². The van der Waals surface area contributed by atoms with Crippen LogP contribution in [-0.2, 0) is 11.3 Å². The first-order valence-corrected chi connectivity index (χ1v) is 7.76. The standard InChI is InChI=1S/C18H19FN2O3/c1-18(2)13(16-14(24-18)8-9-15(19)21-16)10-20-17(22)23-11-12-6-4-3-5-7-12/h3-9,13H,10-11H2,1-2H3,(H,20,22). The van der Waals surface area contributed by atoms with Crippen LogP contribution in [0.5, 0.6) is 5.75 Å². The van der Waals surface area contributed by atoms with Gasteiger partial charge in [-0.15, -0.1) is 0 Å². The third-order valence-corrected chi connectivity index (χ3v) is 4.06. The molecule has 1 aromatic carbocycles. The third-order valence-electron chi connectivity index (χ3n) is 4.06. The monoisotopic (exact) mass is 330 g/mol. The minimum atomic E-state index is -0.587. The Morgan fingerprint density at radius 2 is 2.04 bits per heavy atom. The summed E-state index contributed by atoms with van der Waals surface area (Å²) in [4.78, 5) is 15.8. The number of hydrogen-bond donors (Lipinski definition) is 1. The van der Waals surface area contributed by atoms with Gasteiger partial charge in [0, 0.05) is 6.54 Å². The Hall–Kier alpha value is -2.63. The summed E-state index contributed by atoms with van der Waals surface area (Å²) in [5.41, 5.74) is 0.838. The van der Waals surface area contributed by atoms with Crippen molar-refractivity contribution in [2.75, 3.05) is 6.54 Å².